The van der Waals surface area contributed by atoms with Crippen LogP contribution < -0.4 is 10.2 Å². The smallest absolute Gasteiger partial charge is 0.220 e. The second-order valence-corrected chi connectivity index (χ2v) is 6.19. The summed E-state index contributed by atoms with van der Waals surface area (Å²) in [5.41, 5.74) is 4.14. The summed E-state index contributed by atoms with van der Waals surface area (Å²) in [6.07, 6.45) is 3.95. The van der Waals surface area contributed by atoms with Crippen LogP contribution >= 0.6 is 0 Å². The third-order valence-corrected chi connectivity index (χ3v) is 3.82. The predicted molar refractivity (Wildman–Crippen MR) is 84.2 cm³/mol. The number of nitrogens with zero attached hydrogens (tertiary/aromatic N) is 1. The van der Waals surface area contributed by atoms with E-state index in [2.05, 4.69) is 49.3 Å². The Labute approximate surface area is 122 Å². The van der Waals surface area contributed by atoms with Gasteiger partial charge in [0.2, 0.25) is 5.91 Å². The van der Waals surface area contributed by atoms with Crippen LogP contribution in [-0.4, -0.2) is 26.0 Å². The minimum Gasteiger partial charge on any atom is -0.374 e. The van der Waals surface area contributed by atoms with Crippen molar-refractivity contribution in [1.29, 1.82) is 0 Å². The molecule has 1 aliphatic heterocycles. The van der Waals surface area contributed by atoms with Crippen LogP contribution in [0.25, 0.3) is 0 Å². The molecular formula is C17H26N2O. The maximum Gasteiger partial charge on any atom is 0.220 e. The van der Waals surface area contributed by atoms with Crippen LogP contribution in [0.4, 0.5) is 5.69 Å². The largest absolute Gasteiger partial charge is 0.374 e. The molecule has 2 rings (SSSR count). The molecular weight excluding hydrogens is 248 g/mol. The van der Waals surface area contributed by atoms with Crippen LogP contribution in [0, 0.1) is 5.92 Å². The van der Waals surface area contributed by atoms with Gasteiger partial charge in [-0.05, 0) is 42.4 Å². The fourth-order valence-electron chi connectivity index (χ4n) is 2.78. The van der Waals surface area contributed by atoms with E-state index in [0.29, 0.717) is 12.3 Å². The van der Waals surface area contributed by atoms with Gasteiger partial charge in [-0.1, -0.05) is 26.0 Å². The number of fused-ring (bicyclic) bond motifs is 1. The quantitative estimate of drug-likeness (QED) is 0.895. The molecule has 3 heteroatoms. The van der Waals surface area contributed by atoms with Crippen LogP contribution in [0.3, 0.4) is 0 Å². The van der Waals surface area contributed by atoms with Gasteiger partial charge in [0.15, 0.2) is 0 Å². The summed E-state index contributed by atoms with van der Waals surface area (Å²) < 4.78 is 0. The molecule has 1 heterocycles. The molecule has 0 saturated carbocycles. The van der Waals surface area contributed by atoms with E-state index in [9.17, 15) is 4.79 Å². The Bertz CT molecular complexity index is 468. The highest BCUT2D eigenvalue weighted by Crippen LogP contribution is 2.26. The number of nitrogens with one attached hydrogen (secondary N) is 1. The number of amides is 1. The molecule has 0 radical (unpaired) electrons. The van der Waals surface area contributed by atoms with Crippen molar-refractivity contribution in [3.05, 3.63) is 29.3 Å². The zero-order valence-electron chi connectivity index (χ0n) is 12.9. The van der Waals surface area contributed by atoms with Crippen LogP contribution in [0.15, 0.2) is 18.2 Å². The third kappa shape index (κ3) is 3.99. The highest BCUT2D eigenvalue weighted by atomic mass is 16.1. The Kier molecular flexibility index (Phi) is 5.05. The summed E-state index contributed by atoms with van der Waals surface area (Å²) in [4.78, 5) is 13.9. The van der Waals surface area contributed by atoms with Crippen molar-refractivity contribution >= 4 is 11.6 Å². The molecule has 110 valence electrons. The van der Waals surface area contributed by atoms with Crippen LogP contribution in [0.2, 0.25) is 0 Å². The predicted octanol–water partition coefficient (Wildman–Crippen LogP) is 2.77. The second kappa shape index (κ2) is 6.78. The van der Waals surface area contributed by atoms with Crippen molar-refractivity contribution in [3.63, 3.8) is 0 Å². The first kappa shape index (κ1) is 14.9. The molecule has 1 aliphatic rings. The summed E-state index contributed by atoms with van der Waals surface area (Å²) in [7, 11) is 2.16. The van der Waals surface area contributed by atoms with Crippen molar-refractivity contribution in [1.82, 2.24) is 5.32 Å². The van der Waals surface area contributed by atoms with E-state index in [1.54, 1.807) is 0 Å². The molecule has 1 aromatic carbocycles. The van der Waals surface area contributed by atoms with Crippen molar-refractivity contribution in [2.75, 3.05) is 25.0 Å². The van der Waals surface area contributed by atoms with E-state index in [4.69, 9.17) is 0 Å². The molecule has 0 spiro atoms. The van der Waals surface area contributed by atoms with Crippen molar-refractivity contribution in [2.24, 2.45) is 5.92 Å². The number of hydrogen-bond donors (Lipinski definition) is 1. The first-order valence-corrected chi connectivity index (χ1v) is 7.66. The highest BCUT2D eigenvalue weighted by Gasteiger charge is 2.13. The van der Waals surface area contributed by atoms with E-state index >= 15 is 0 Å². The zero-order valence-corrected chi connectivity index (χ0v) is 12.9. The summed E-state index contributed by atoms with van der Waals surface area (Å²) in [5.74, 6) is 0.590. The van der Waals surface area contributed by atoms with Gasteiger partial charge in [-0.3, -0.25) is 4.79 Å². The molecule has 1 aromatic rings. The summed E-state index contributed by atoms with van der Waals surface area (Å²) >= 11 is 0. The SMILES string of the molecule is CC(C)CC(=O)NCCc1ccc2c(c1)CCCN2C. The van der Waals surface area contributed by atoms with Gasteiger partial charge in [-0.15, -0.1) is 0 Å². The number of rotatable bonds is 5. The Morgan fingerprint density at radius 3 is 2.95 bits per heavy atom. The summed E-state index contributed by atoms with van der Waals surface area (Å²) in [6.45, 7) is 6.02. The highest BCUT2D eigenvalue weighted by molar-refractivity contribution is 5.76. The molecule has 0 unspecified atom stereocenters. The average Bonchev–Trinajstić information content (AvgIpc) is 2.38. The van der Waals surface area contributed by atoms with Crippen molar-refractivity contribution in [3.8, 4) is 0 Å². The lowest BCUT2D eigenvalue weighted by atomic mass is 9.98. The normalized spacial score (nSPS) is 14.3. The van der Waals surface area contributed by atoms with Gasteiger partial charge in [0, 0.05) is 32.2 Å². The third-order valence-electron chi connectivity index (χ3n) is 3.82. The van der Waals surface area contributed by atoms with Gasteiger partial charge in [-0.25, -0.2) is 0 Å². The lowest BCUT2D eigenvalue weighted by molar-refractivity contribution is -0.121. The standard InChI is InChI=1S/C17H26N2O/c1-13(2)11-17(20)18-9-8-14-6-7-16-15(12-14)5-4-10-19(16)3/h6-7,12-13H,4-5,8-11H2,1-3H3,(H,18,20). The molecule has 20 heavy (non-hydrogen) atoms. The lowest BCUT2D eigenvalue weighted by Crippen LogP contribution is -2.27. The number of aryl methyl sites for hydroxylation is 1. The lowest BCUT2D eigenvalue weighted by Gasteiger charge is -2.27. The monoisotopic (exact) mass is 274 g/mol. The number of hydrogen-bond acceptors (Lipinski definition) is 2. The van der Waals surface area contributed by atoms with Gasteiger partial charge in [-0.2, -0.15) is 0 Å². The number of anilines is 1. The van der Waals surface area contributed by atoms with Gasteiger partial charge in [0.05, 0.1) is 0 Å². The average molecular weight is 274 g/mol. The van der Waals surface area contributed by atoms with Gasteiger partial charge in [0.25, 0.3) is 0 Å². The van der Waals surface area contributed by atoms with Crippen LogP contribution in [0.1, 0.15) is 37.8 Å². The fourth-order valence-corrected chi connectivity index (χ4v) is 2.78. The number of benzene rings is 1. The Morgan fingerprint density at radius 2 is 2.20 bits per heavy atom. The maximum atomic E-state index is 11.6. The minimum absolute atomic E-state index is 0.165. The molecule has 0 saturated heterocycles. The van der Waals surface area contributed by atoms with Crippen molar-refractivity contribution < 1.29 is 4.79 Å². The van der Waals surface area contributed by atoms with E-state index in [1.807, 2.05) is 0 Å². The topological polar surface area (TPSA) is 32.3 Å². The molecule has 0 bridgehead atoms. The fraction of sp³-hybridized carbons (Fsp3) is 0.588. The van der Waals surface area contributed by atoms with Crippen LogP contribution in [0.5, 0.6) is 0 Å². The Morgan fingerprint density at radius 1 is 1.40 bits per heavy atom. The number of carbonyl (C=O) groups excluding carboxylic acids is 1. The molecule has 0 aliphatic carbocycles. The molecule has 1 amide bonds. The van der Waals surface area contributed by atoms with Crippen molar-refractivity contribution in [2.45, 2.75) is 39.5 Å². The van der Waals surface area contributed by atoms with E-state index in [1.165, 1.54) is 29.7 Å². The minimum atomic E-state index is 0.165. The van der Waals surface area contributed by atoms with Gasteiger partial charge in [0.1, 0.15) is 0 Å². The zero-order chi connectivity index (χ0) is 14.5. The molecule has 0 fully saturated rings. The van der Waals surface area contributed by atoms with E-state index in [0.717, 1.165) is 19.5 Å². The second-order valence-electron chi connectivity index (χ2n) is 6.19. The van der Waals surface area contributed by atoms with Crippen LogP contribution in [-0.2, 0) is 17.6 Å². The Hall–Kier alpha value is -1.51. The van der Waals surface area contributed by atoms with Gasteiger partial charge >= 0.3 is 0 Å². The van der Waals surface area contributed by atoms with Gasteiger partial charge < -0.3 is 10.2 Å². The first-order chi connectivity index (χ1) is 9.56. The molecule has 0 atom stereocenters. The Balaban J connectivity index is 1.86. The first-order valence-electron chi connectivity index (χ1n) is 7.66. The molecule has 1 N–H and O–H groups in total. The summed E-state index contributed by atoms with van der Waals surface area (Å²) in [5, 5.41) is 3.00. The number of carbonyl (C=O) groups is 1. The summed E-state index contributed by atoms with van der Waals surface area (Å²) in [6, 6.07) is 6.72. The maximum absolute atomic E-state index is 11.6. The van der Waals surface area contributed by atoms with E-state index in [-0.39, 0.29) is 5.91 Å². The molecule has 3 nitrogen and oxygen atoms in total. The van der Waals surface area contributed by atoms with E-state index < -0.39 is 0 Å². The molecule has 0 aromatic heterocycles.